The van der Waals surface area contributed by atoms with Crippen LogP contribution in [0.15, 0.2) is 0 Å². The van der Waals surface area contributed by atoms with Crippen molar-refractivity contribution in [3.8, 4) is 0 Å². The lowest BCUT2D eigenvalue weighted by Gasteiger charge is -2.35. The van der Waals surface area contributed by atoms with E-state index in [-0.39, 0.29) is 12.8 Å². The van der Waals surface area contributed by atoms with Gasteiger partial charge in [0.25, 0.3) is 6.43 Å². The first-order valence-corrected chi connectivity index (χ1v) is 4.29. The van der Waals surface area contributed by atoms with Gasteiger partial charge < -0.3 is 10.4 Å². The number of aliphatic carboxylic acids is 1. The second-order valence-electron chi connectivity index (χ2n) is 3.34. The number of carbonyl (C=O) groups excluding carboxylic acids is 1. The molecule has 0 radical (unpaired) electrons. The zero-order valence-electron chi connectivity index (χ0n) is 7.43. The van der Waals surface area contributed by atoms with Gasteiger partial charge in [0.2, 0.25) is 5.91 Å². The Balaban J connectivity index is 2.53. The molecule has 0 saturated heterocycles. The molecule has 1 aliphatic rings. The van der Waals surface area contributed by atoms with E-state index in [1.54, 1.807) is 0 Å². The monoisotopic (exact) mass is 207 g/mol. The average Bonchev–Trinajstić information content (AvgIpc) is 1.97. The molecule has 0 atom stereocenters. The summed E-state index contributed by atoms with van der Waals surface area (Å²) < 4.78 is 23.5. The highest BCUT2D eigenvalue weighted by Crippen LogP contribution is 2.41. The maximum absolute atomic E-state index is 11.7. The van der Waals surface area contributed by atoms with Gasteiger partial charge in [-0.2, -0.15) is 0 Å². The number of carboxylic acid groups (broad SMARTS) is 1. The molecule has 80 valence electrons. The smallest absolute Gasteiger partial charge is 0.319 e. The van der Waals surface area contributed by atoms with Crippen molar-refractivity contribution in [2.24, 2.45) is 5.41 Å². The summed E-state index contributed by atoms with van der Waals surface area (Å²) in [5.41, 5.74) is -1.45. The van der Waals surface area contributed by atoms with E-state index < -0.39 is 30.3 Å². The van der Waals surface area contributed by atoms with Crippen LogP contribution < -0.4 is 5.32 Å². The molecular weight excluding hydrogens is 196 g/mol. The fraction of sp³-hybridized carbons (Fsp3) is 0.750. The minimum absolute atomic E-state index is 0.234. The van der Waals surface area contributed by atoms with Gasteiger partial charge in [-0.1, -0.05) is 6.42 Å². The van der Waals surface area contributed by atoms with E-state index in [9.17, 15) is 18.4 Å². The van der Waals surface area contributed by atoms with Crippen LogP contribution in [-0.4, -0.2) is 30.0 Å². The predicted molar refractivity (Wildman–Crippen MR) is 42.9 cm³/mol. The number of rotatable bonds is 4. The summed E-state index contributed by atoms with van der Waals surface area (Å²) >= 11 is 0. The van der Waals surface area contributed by atoms with Crippen molar-refractivity contribution in [2.45, 2.75) is 25.7 Å². The van der Waals surface area contributed by atoms with E-state index in [1.165, 1.54) is 0 Å². The summed E-state index contributed by atoms with van der Waals surface area (Å²) in [5.74, 6) is -2.02. The fourth-order valence-corrected chi connectivity index (χ4v) is 1.41. The van der Waals surface area contributed by atoms with Crippen molar-refractivity contribution < 1.29 is 23.5 Å². The van der Waals surface area contributed by atoms with Crippen molar-refractivity contribution >= 4 is 11.9 Å². The summed E-state index contributed by atoms with van der Waals surface area (Å²) in [4.78, 5) is 22.0. The van der Waals surface area contributed by atoms with E-state index >= 15 is 0 Å². The number of nitrogens with one attached hydrogen (secondary N) is 1. The average molecular weight is 207 g/mol. The van der Waals surface area contributed by atoms with Gasteiger partial charge in [0, 0.05) is 0 Å². The highest BCUT2D eigenvalue weighted by molar-refractivity contribution is 6.02. The van der Waals surface area contributed by atoms with E-state index in [4.69, 9.17) is 5.11 Å². The third kappa shape index (κ3) is 1.83. The Morgan fingerprint density at radius 2 is 2.00 bits per heavy atom. The number of halogens is 2. The van der Waals surface area contributed by atoms with Crippen molar-refractivity contribution in [2.75, 3.05) is 6.54 Å². The van der Waals surface area contributed by atoms with E-state index in [2.05, 4.69) is 0 Å². The number of hydrogen-bond donors (Lipinski definition) is 2. The van der Waals surface area contributed by atoms with Crippen LogP contribution in [0.4, 0.5) is 8.78 Å². The Hall–Kier alpha value is -1.20. The lowest BCUT2D eigenvalue weighted by atomic mass is 9.68. The number of carbonyl (C=O) groups is 2. The van der Waals surface area contributed by atoms with Gasteiger partial charge >= 0.3 is 5.97 Å². The van der Waals surface area contributed by atoms with Gasteiger partial charge in [-0.05, 0) is 12.8 Å². The molecule has 0 spiro atoms. The predicted octanol–water partition coefficient (Wildman–Crippen LogP) is 0.623. The molecular formula is C8H11F2NO3. The molecule has 0 unspecified atom stereocenters. The molecule has 0 aromatic heterocycles. The van der Waals surface area contributed by atoms with Crippen LogP contribution >= 0.6 is 0 Å². The van der Waals surface area contributed by atoms with Gasteiger partial charge in [0.15, 0.2) is 0 Å². The Labute approximate surface area is 79.3 Å². The highest BCUT2D eigenvalue weighted by atomic mass is 19.3. The van der Waals surface area contributed by atoms with Gasteiger partial charge in [0.05, 0.1) is 6.54 Å². The van der Waals surface area contributed by atoms with Crippen molar-refractivity contribution in [3.63, 3.8) is 0 Å². The fourth-order valence-electron chi connectivity index (χ4n) is 1.41. The molecule has 1 rings (SSSR count). The maximum Gasteiger partial charge on any atom is 0.319 e. The molecule has 0 heterocycles. The molecule has 0 aromatic carbocycles. The van der Waals surface area contributed by atoms with Crippen molar-refractivity contribution in [3.05, 3.63) is 0 Å². The van der Waals surface area contributed by atoms with Crippen LogP contribution in [0.1, 0.15) is 19.3 Å². The molecule has 1 aliphatic carbocycles. The molecule has 1 fully saturated rings. The minimum atomic E-state index is -2.65. The number of hydrogen-bond acceptors (Lipinski definition) is 2. The van der Waals surface area contributed by atoms with Crippen molar-refractivity contribution in [1.82, 2.24) is 5.32 Å². The summed E-state index contributed by atoms with van der Waals surface area (Å²) in [7, 11) is 0. The first kappa shape index (κ1) is 10.9. The Morgan fingerprint density at radius 1 is 1.43 bits per heavy atom. The Morgan fingerprint density at radius 3 is 2.29 bits per heavy atom. The largest absolute Gasteiger partial charge is 0.480 e. The van der Waals surface area contributed by atoms with E-state index in [0.29, 0.717) is 6.42 Å². The van der Waals surface area contributed by atoms with Crippen LogP contribution in [0.5, 0.6) is 0 Å². The van der Waals surface area contributed by atoms with Crippen LogP contribution in [0.25, 0.3) is 0 Å². The normalized spacial score (nSPS) is 18.8. The highest BCUT2D eigenvalue weighted by Gasteiger charge is 2.51. The Kier molecular flexibility index (Phi) is 3.03. The third-order valence-electron chi connectivity index (χ3n) is 2.47. The van der Waals surface area contributed by atoms with Crippen LogP contribution in [-0.2, 0) is 9.59 Å². The number of carboxylic acids is 1. The van der Waals surface area contributed by atoms with Crippen molar-refractivity contribution in [1.29, 1.82) is 0 Å². The Bertz CT molecular complexity index is 251. The van der Waals surface area contributed by atoms with Gasteiger partial charge in [-0.25, -0.2) is 8.78 Å². The summed E-state index contributed by atoms with van der Waals surface area (Å²) in [6, 6.07) is 0. The molecule has 4 nitrogen and oxygen atoms in total. The van der Waals surface area contributed by atoms with Gasteiger partial charge in [0.1, 0.15) is 5.41 Å². The molecule has 1 amide bonds. The van der Waals surface area contributed by atoms with Crippen LogP contribution in [0, 0.1) is 5.41 Å². The molecule has 2 N–H and O–H groups in total. The lowest BCUT2D eigenvalue weighted by molar-refractivity contribution is -0.162. The summed E-state index contributed by atoms with van der Waals surface area (Å²) in [6.07, 6.45) is -1.53. The minimum Gasteiger partial charge on any atom is -0.480 e. The molecule has 1 saturated carbocycles. The number of alkyl halides is 2. The molecule has 14 heavy (non-hydrogen) atoms. The molecule has 0 bridgehead atoms. The first-order valence-electron chi connectivity index (χ1n) is 4.29. The number of amides is 1. The molecule has 6 heteroatoms. The summed E-state index contributed by atoms with van der Waals surface area (Å²) in [5, 5.41) is 10.7. The third-order valence-corrected chi connectivity index (χ3v) is 2.47. The van der Waals surface area contributed by atoms with Gasteiger partial charge in [-0.15, -0.1) is 0 Å². The second kappa shape index (κ2) is 3.89. The summed E-state index contributed by atoms with van der Waals surface area (Å²) in [6.45, 7) is -0.784. The quantitative estimate of drug-likeness (QED) is 0.664. The second-order valence-corrected chi connectivity index (χ2v) is 3.34. The molecule has 0 aromatic rings. The van der Waals surface area contributed by atoms with Crippen LogP contribution in [0.2, 0.25) is 0 Å². The topological polar surface area (TPSA) is 66.4 Å². The van der Waals surface area contributed by atoms with E-state index in [0.717, 1.165) is 0 Å². The zero-order chi connectivity index (χ0) is 10.8. The first-order chi connectivity index (χ1) is 6.49. The van der Waals surface area contributed by atoms with E-state index in [1.807, 2.05) is 5.32 Å². The SMILES string of the molecule is O=C(O)C1(C(=O)NCC(F)F)CCC1. The van der Waals surface area contributed by atoms with Gasteiger partial charge in [-0.3, -0.25) is 9.59 Å². The zero-order valence-corrected chi connectivity index (χ0v) is 7.43. The standard InChI is InChI=1S/C8H11F2NO3/c9-5(10)4-11-6(12)8(7(13)14)2-1-3-8/h5H,1-4H2,(H,11,12)(H,13,14). The maximum atomic E-state index is 11.7. The molecule has 0 aliphatic heterocycles. The van der Waals surface area contributed by atoms with Crippen LogP contribution in [0.3, 0.4) is 0 Å². The lowest BCUT2D eigenvalue weighted by Crippen LogP contribution is -2.51.